The van der Waals surface area contributed by atoms with Gasteiger partial charge in [0.1, 0.15) is 5.38 Å². The summed E-state index contributed by atoms with van der Waals surface area (Å²) in [6.45, 7) is 2.07. The van der Waals surface area contributed by atoms with Crippen LogP contribution in [0.2, 0.25) is 0 Å². The second kappa shape index (κ2) is 4.11. The molecule has 5 heteroatoms. The largest absolute Gasteiger partial charge is 0.349 e. The topological polar surface area (TPSA) is 57.8 Å². The summed E-state index contributed by atoms with van der Waals surface area (Å²) >= 11 is 5.53. The third-order valence-electron chi connectivity index (χ3n) is 1.37. The van der Waals surface area contributed by atoms with Crippen molar-refractivity contribution in [1.82, 2.24) is 15.5 Å². The summed E-state index contributed by atoms with van der Waals surface area (Å²) in [5.41, 5.74) is 0.862. The van der Waals surface area contributed by atoms with Crippen LogP contribution in [0.1, 0.15) is 12.6 Å². The molecule has 4 nitrogen and oxygen atoms in total. The Morgan fingerprint density at radius 3 is 3.17 bits per heavy atom. The van der Waals surface area contributed by atoms with Gasteiger partial charge in [-0.1, -0.05) is 0 Å². The molecule has 1 atom stereocenters. The third kappa shape index (κ3) is 2.54. The molecule has 0 aromatic carbocycles. The van der Waals surface area contributed by atoms with Gasteiger partial charge in [-0.15, -0.1) is 11.6 Å². The average Bonchev–Trinajstić information content (AvgIpc) is 2.51. The van der Waals surface area contributed by atoms with E-state index in [-0.39, 0.29) is 5.91 Å². The highest BCUT2D eigenvalue weighted by Crippen LogP contribution is 1.94. The van der Waals surface area contributed by atoms with Gasteiger partial charge in [-0.3, -0.25) is 9.89 Å². The van der Waals surface area contributed by atoms with Crippen molar-refractivity contribution in [2.45, 2.75) is 18.8 Å². The number of halogens is 1. The number of alkyl halides is 1. The molecule has 0 spiro atoms. The number of carbonyl (C=O) groups excluding carboxylic acids is 1. The molecule has 0 fully saturated rings. The Bertz CT molecular complexity index is 245. The fourth-order valence-electron chi connectivity index (χ4n) is 0.706. The van der Waals surface area contributed by atoms with E-state index >= 15 is 0 Å². The van der Waals surface area contributed by atoms with Crippen molar-refractivity contribution in [3.8, 4) is 0 Å². The van der Waals surface area contributed by atoms with Crippen molar-refractivity contribution in [3.05, 3.63) is 18.0 Å². The number of aromatic amines is 1. The summed E-state index contributed by atoms with van der Waals surface area (Å²) < 4.78 is 0. The van der Waals surface area contributed by atoms with Crippen LogP contribution in [-0.4, -0.2) is 21.5 Å². The lowest BCUT2D eigenvalue weighted by Crippen LogP contribution is -2.29. The van der Waals surface area contributed by atoms with Crippen molar-refractivity contribution in [3.63, 3.8) is 0 Å². The summed E-state index contributed by atoms with van der Waals surface area (Å²) in [4.78, 5) is 11.0. The van der Waals surface area contributed by atoms with Crippen LogP contribution in [0.4, 0.5) is 0 Å². The van der Waals surface area contributed by atoms with Crippen molar-refractivity contribution in [2.75, 3.05) is 0 Å². The van der Waals surface area contributed by atoms with Gasteiger partial charge in [0.25, 0.3) is 0 Å². The Hall–Kier alpha value is -1.03. The maximum absolute atomic E-state index is 11.0. The van der Waals surface area contributed by atoms with Crippen LogP contribution >= 0.6 is 11.6 Å². The molecule has 0 radical (unpaired) electrons. The molecule has 2 N–H and O–H groups in total. The van der Waals surface area contributed by atoms with Crippen LogP contribution in [0.15, 0.2) is 12.3 Å². The standard InChI is InChI=1S/C7H10ClN3O/c1-5(8)7(12)9-4-6-2-3-10-11-6/h2-3,5H,4H2,1H3,(H,9,12)(H,10,11). The number of carbonyl (C=O) groups is 1. The Morgan fingerprint density at radius 1 is 1.92 bits per heavy atom. The van der Waals surface area contributed by atoms with Gasteiger partial charge in [0.2, 0.25) is 5.91 Å². The van der Waals surface area contributed by atoms with Gasteiger partial charge in [-0.2, -0.15) is 5.10 Å². The number of rotatable bonds is 3. The quantitative estimate of drug-likeness (QED) is 0.683. The van der Waals surface area contributed by atoms with Crippen molar-refractivity contribution < 1.29 is 4.79 Å². The van der Waals surface area contributed by atoms with E-state index in [2.05, 4.69) is 15.5 Å². The zero-order valence-corrected chi connectivity index (χ0v) is 7.43. The summed E-state index contributed by atoms with van der Waals surface area (Å²) in [7, 11) is 0. The van der Waals surface area contributed by atoms with E-state index < -0.39 is 5.38 Å². The van der Waals surface area contributed by atoms with Gasteiger partial charge in [-0.25, -0.2) is 0 Å². The molecule has 0 aliphatic rings. The molecule has 0 aliphatic carbocycles. The van der Waals surface area contributed by atoms with Crippen molar-refractivity contribution in [2.24, 2.45) is 0 Å². The zero-order chi connectivity index (χ0) is 8.97. The van der Waals surface area contributed by atoms with Crippen LogP contribution in [0.5, 0.6) is 0 Å². The Kier molecular flexibility index (Phi) is 3.10. The van der Waals surface area contributed by atoms with Crippen molar-refractivity contribution in [1.29, 1.82) is 0 Å². The molecular weight excluding hydrogens is 178 g/mol. The molecule has 1 aromatic rings. The maximum atomic E-state index is 11.0. The van der Waals surface area contributed by atoms with Crippen LogP contribution in [0.25, 0.3) is 0 Å². The van der Waals surface area contributed by atoms with Gasteiger partial charge >= 0.3 is 0 Å². The lowest BCUT2D eigenvalue weighted by molar-refractivity contribution is -0.120. The summed E-state index contributed by atoms with van der Waals surface area (Å²) in [6.07, 6.45) is 1.63. The summed E-state index contributed by atoms with van der Waals surface area (Å²) in [5, 5.41) is 8.61. The summed E-state index contributed by atoms with van der Waals surface area (Å²) in [6, 6.07) is 1.79. The van der Waals surface area contributed by atoms with E-state index in [0.717, 1.165) is 5.69 Å². The van der Waals surface area contributed by atoms with Gasteiger partial charge in [-0.05, 0) is 13.0 Å². The second-order valence-corrected chi connectivity index (χ2v) is 3.07. The molecule has 1 aromatic heterocycles. The number of hydrogen-bond donors (Lipinski definition) is 2. The zero-order valence-electron chi connectivity index (χ0n) is 6.67. The van der Waals surface area contributed by atoms with E-state index in [0.29, 0.717) is 6.54 Å². The Morgan fingerprint density at radius 2 is 2.67 bits per heavy atom. The smallest absolute Gasteiger partial charge is 0.238 e. The predicted molar refractivity (Wildman–Crippen MR) is 45.7 cm³/mol. The molecule has 12 heavy (non-hydrogen) atoms. The second-order valence-electron chi connectivity index (χ2n) is 2.42. The van der Waals surface area contributed by atoms with Gasteiger partial charge in [0, 0.05) is 6.20 Å². The normalized spacial score (nSPS) is 12.5. The number of aromatic nitrogens is 2. The highest BCUT2D eigenvalue weighted by molar-refractivity contribution is 6.30. The maximum Gasteiger partial charge on any atom is 0.238 e. The van der Waals surface area contributed by atoms with E-state index in [1.54, 1.807) is 19.2 Å². The van der Waals surface area contributed by atoms with E-state index in [1.807, 2.05) is 0 Å². The van der Waals surface area contributed by atoms with Crippen LogP contribution in [0.3, 0.4) is 0 Å². The van der Waals surface area contributed by atoms with Gasteiger partial charge in [0.15, 0.2) is 0 Å². The van der Waals surface area contributed by atoms with Crippen LogP contribution in [-0.2, 0) is 11.3 Å². The first-order valence-electron chi connectivity index (χ1n) is 3.60. The number of amides is 1. The van der Waals surface area contributed by atoms with E-state index in [1.165, 1.54) is 0 Å². The first-order chi connectivity index (χ1) is 5.70. The molecule has 0 saturated carbocycles. The molecule has 1 rings (SSSR count). The summed E-state index contributed by atoms with van der Waals surface area (Å²) in [5.74, 6) is -0.175. The Labute approximate surface area is 75.3 Å². The first-order valence-corrected chi connectivity index (χ1v) is 4.04. The molecule has 0 saturated heterocycles. The number of nitrogens with zero attached hydrogens (tertiary/aromatic N) is 1. The van der Waals surface area contributed by atoms with Crippen molar-refractivity contribution >= 4 is 17.5 Å². The average molecular weight is 188 g/mol. The predicted octanol–water partition coefficient (Wildman–Crippen LogP) is 0.653. The fourth-order valence-corrected chi connectivity index (χ4v) is 0.783. The molecule has 0 bridgehead atoms. The van der Waals surface area contributed by atoms with Gasteiger partial charge in [0.05, 0.1) is 12.2 Å². The third-order valence-corrected chi connectivity index (χ3v) is 1.57. The lowest BCUT2D eigenvalue weighted by Gasteiger charge is -2.03. The molecule has 0 aliphatic heterocycles. The molecule has 1 heterocycles. The minimum atomic E-state index is -0.493. The monoisotopic (exact) mass is 187 g/mol. The Balaban J connectivity index is 2.32. The highest BCUT2D eigenvalue weighted by atomic mass is 35.5. The molecule has 1 unspecified atom stereocenters. The minimum Gasteiger partial charge on any atom is -0.349 e. The van der Waals surface area contributed by atoms with E-state index in [9.17, 15) is 4.79 Å². The first kappa shape index (κ1) is 9.06. The SMILES string of the molecule is CC(Cl)C(=O)NCc1ccn[nH]1. The van der Waals surface area contributed by atoms with Gasteiger partial charge < -0.3 is 5.32 Å². The molecular formula is C7H10ClN3O. The lowest BCUT2D eigenvalue weighted by atomic mass is 10.4. The number of nitrogens with one attached hydrogen (secondary N) is 2. The number of H-pyrrole nitrogens is 1. The molecule has 1 amide bonds. The molecule has 66 valence electrons. The minimum absolute atomic E-state index is 0.175. The van der Waals surface area contributed by atoms with E-state index in [4.69, 9.17) is 11.6 Å². The fraction of sp³-hybridized carbons (Fsp3) is 0.429. The van der Waals surface area contributed by atoms with Crippen LogP contribution in [0, 0.1) is 0 Å². The number of hydrogen-bond acceptors (Lipinski definition) is 2. The van der Waals surface area contributed by atoms with Crippen LogP contribution < -0.4 is 5.32 Å². The highest BCUT2D eigenvalue weighted by Gasteiger charge is 2.07.